The lowest BCUT2D eigenvalue weighted by Crippen LogP contribution is -2.39. The molecule has 3 heterocycles. The molecule has 172 valence electrons. The van der Waals surface area contributed by atoms with E-state index >= 15 is 0 Å². The summed E-state index contributed by atoms with van der Waals surface area (Å²) in [6.07, 6.45) is -3.06. The Morgan fingerprint density at radius 2 is 1.76 bits per heavy atom. The van der Waals surface area contributed by atoms with Crippen LogP contribution in [0.3, 0.4) is 0 Å². The minimum absolute atomic E-state index is 0.162. The molecule has 1 amide bonds. The van der Waals surface area contributed by atoms with E-state index in [0.29, 0.717) is 44.1 Å². The van der Waals surface area contributed by atoms with E-state index in [9.17, 15) is 22.8 Å². The number of carbonyl (C=O) groups is 1. The number of alkyl halides is 3. The first-order valence-corrected chi connectivity index (χ1v) is 10.5. The standard InChI is InChI=1S/C23H22F3N5O2/c1-16-14-19(32)21(28-31(16)18-6-3-2-4-7-18)22(33)30-11-5-10-29(12-13-30)20-9-8-17(15-27-20)23(24,25)26/h2-4,6-9,14-15H,5,10-13H2,1H3. The molecular weight excluding hydrogens is 435 g/mol. The number of para-hydroxylation sites is 1. The fourth-order valence-electron chi connectivity index (χ4n) is 3.77. The molecule has 33 heavy (non-hydrogen) atoms. The molecule has 0 radical (unpaired) electrons. The molecule has 1 fully saturated rings. The van der Waals surface area contributed by atoms with Gasteiger partial charge in [0.05, 0.1) is 11.3 Å². The van der Waals surface area contributed by atoms with E-state index in [0.717, 1.165) is 18.0 Å². The Labute approximate surface area is 188 Å². The van der Waals surface area contributed by atoms with Crippen LogP contribution in [-0.2, 0) is 6.18 Å². The Morgan fingerprint density at radius 3 is 2.42 bits per heavy atom. The molecule has 1 aliphatic rings. The lowest BCUT2D eigenvalue weighted by Gasteiger charge is -2.23. The van der Waals surface area contributed by atoms with Gasteiger partial charge in [-0.05, 0) is 37.6 Å². The minimum Gasteiger partial charge on any atom is -0.355 e. The lowest BCUT2D eigenvalue weighted by molar-refractivity contribution is -0.137. The van der Waals surface area contributed by atoms with E-state index in [1.54, 1.807) is 16.5 Å². The number of aryl methyl sites for hydroxylation is 1. The van der Waals surface area contributed by atoms with Gasteiger partial charge in [0.1, 0.15) is 5.82 Å². The number of carbonyl (C=O) groups excluding carboxylic acids is 1. The number of halogens is 3. The van der Waals surface area contributed by atoms with Crippen molar-refractivity contribution in [1.29, 1.82) is 0 Å². The van der Waals surface area contributed by atoms with Gasteiger partial charge in [-0.25, -0.2) is 9.67 Å². The maximum absolute atomic E-state index is 13.2. The average Bonchev–Trinajstić information content (AvgIpc) is 3.05. The Balaban J connectivity index is 1.52. The Kier molecular flexibility index (Phi) is 6.17. The molecule has 0 atom stereocenters. The lowest BCUT2D eigenvalue weighted by atomic mass is 10.2. The van der Waals surface area contributed by atoms with Crippen LogP contribution in [0.2, 0.25) is 0 Å². The second-order valence-electron chi connectivity index (χ2n) is 7.78. The Bertz CT molecular complexity index is 1190. The van der Waals surface area contributed by atoms with Crippen molar-refractivity contribution in [2.75, 3.05) is 31.1 Å². The predicted molar refractivity (Wildman–Crippen MR) is 117 cm³/mol. The van der Waals surface area contributed by atoms with Crippen LogP contribution in [-0.4, -0.2) is 51.8 Å². The van der Waals surface area contributed by atoms with Crippen molar-refractivity contribution in [3.63, 3.8) is 0 Å². The number of anilines is 1. The fourth-order valence-corrected chi connectivity index (χ4v) is 3.77. The summed E-state index contributed by atoms with van der Waals surface area (Å²) in [5.74, 6) is -0.0518. The number of rotatable bonds is 3. The second kappa shape index (κ2) is 9.05. The summed E-state index contributed by atoms with van der Waals surface area (Å²) in [5, 5.41) is 4.34. The van der Waals surface area contributed by atoms with Crippen molar-refractivity contribution in [1.82, 2.24) is 19.7 Å². The van der Waals surface area contributed by atoms with Gasteiger partial charge < -0.3 is 9.80 Å². The fraction of sp³-hybridized carbons (Fsp3) is 0.304. The quantitative estimate of drug-likeness (QED) is 0.604. The summed E-state index contributed by atoms with van der Waals surface area (Å²) in [7, 11) is 0. The van der Waals surface area contributed by atoms with Crippen molar-refractivity contribution in [3.8, 4) is 5.69 Å². The van der Waals surface area contributed by atoms with Gasteiger partial charge in [0.25, 0.3) is 5.91 Å². The molecule has 3 aromatic rings. The van der Waals surface area contributed by atoms with Crippen LogP contribution in [0.5, 0.6) is 0 Å². The van der Waals surface area contributed by atoms with Gasteiger partial charge in [-0.15, -0.1) is 0 Å². The van der Waals surface area contributed by atoms with Gasteiger partial charge in [-0.1, -0.05) is 18.2 Å². The smallest absolute Gasteiger partial charge is 0.355 e. The predicted octanol–water partition coefficient (Wildman–Crippen LogP) is 3.31. The summed E-state index contributed by atoms with van der Waals surface area (Å²) in [6.45, 7) is 3.34. The van der Waals surface area contributed by atoms with E-state index in [1.165, 1.54) is 12.1 Å². The molecule has 1 saturated heterocycles. The maximum atomic E-state index is 13.2. The highest BCUT2D eigenvalue weighted by atomic mass is 19.4. The van der Waals surface area contributed by atoms with Crippen LogP contribution in [0.4, 0.5) is 19.0 Å². The third-order valence-electron chi connectivity index (χ3n) is 5.49. The highest BCUT2D eigenvalue weighted by molar-refractivity contribution is 5.92. The van der Waals surface area contributed by atoms with Crippen molar-refractivity contribution >= 4 is 11.7 Å². The van der Waals surface area contributed by atoms with Crippen molar-refractivity contribution in [2.24, 2.45) is 0 Å². The van der Waals surface area contributed by atoms with Gasteiger partial charge >= 0.3 is 6.18 Å². The van der Waals surface area contributed by atoms with Gasteiger partial charge in [-0.3, -0.25) is 9.59 Å². The Morgan fingerprint density at radius 1 is 1.00 bits per heavy atom. The van der Waals surface area contributed by atoms with Crippen molar-refractivity contribution < 1.29 is 18.0 Å². The van der Waals surface area contributed by atoms with Gasteiger partial charge in [0, 0.05) is 44.1 Å². The molecule has 10 heteroatoms. The average molecular weight is 457 g/mol. The minimum atomic E-state index is -4.44. The van der Waals surface area contributed by atoms with Crippen molar-refractivity contribution in [3.05, 3.63) is 81.9 Å². The normalized spacial score (nSPS) is 14.8. The number of benzene rings is 1. The third kappa shape index (κ3) is 4.89. The zero-order chi connectivity index (χ0) is 23.6. The number of hydrogen-bond donors (Lipinski definition) is 0. The highest BCUT2D eigenvalue weighted by Gasteiger charge is 2.31. The molecule has 7 nitrogen and oxygen atoms in total. The third-order valence-corrected chi connectivity index (χ3v) is 5.49. The van der Waals surface area contributed by atoms with E-state index in [4.69, 9.17) is 0 Å². The largest absolute Gasteiger partial charge is 0.417 e. The van der Waals surface area contributed by atoms with E-state index in [-0.39, 0.29) is 5.69 Å². The number of hydrogen-bond acceptors (Lipinski definition) is 5. The Hall–Kier alpha value is -3.69. The zero-order valence-electron chi connectivity index (χ0n) is 17.9. The first kappa shape index (κ1) is 22.5. The molecule has 1 aliphatic heterocycles. The molecule has 0 saturated carbocycles. The SMILES string of the molecule is Cc1cc(=O)c(C(=O)N2CCCN(c3ccc(C(F)(F)F)cn3)CC2)nn1-c1ccccc1. The van der Waals surface area contributed by atoms with E-state index in [2.05, 4.69) is 10.1 Å². The van der Waals surface area contributed by atoms with Crippen LogP contribution >= 0.6 is 0 Å². The second-order valence-corrected chi connectivity index (χ2v) is 7.78. The first-order chi connectivity index (χ1) is 15.7. The summed E-state index contributed by atoms with van der Waals surface area (Å²) in [5.41, 5.74) is -0.0728. The molecule has 1 aromatic carbocycles. The van der Waals surface area contributed by atoms with Gasteiger partial charge in [-0.2, -0.15) is 18.3 Å². The first-order valence-electron chi connectivity index (χ1n) is 10.5. The van der Waals surface area contributed by atoms with E-state index < -0.39 is 23.1 Å². The summed E-state index contributed by atoms with van der Waals surface area (Å²) in [6, 6.07) is 12.9. The number of pyridine rings is 1. The summed E-state index contributed by atoms with van der Waals surface area (Å²) >= 11 is 0. The van der Waals surface area contributed by atoms with Gasteiger partial charge in [0.15, 0.2) is 5.69 Å². The zero-order valence-corrected chi connectivity index (χ0v) is 17.9. The molecule has 4 rings (SSSR count). The molecule has 2 aromatic heterocycles. The summed E-state index contributed by atoms with van der Waals surface area (Å²) < 4.78 is 39.9. The molecule has 0 bridgehead atoms. The maximum Gasteiger partial charge on any atom is 0.417 e. The number of nitrogens with zero attached hydrogens (tertiary/aromatic N) is 5. The molecule has 0 unspecified atom stereocenters. The molecule has 0 aliphatic carbocycles. The van der Waals surface area contributed by atoms with Crippen LogP contribution in [0.1, 0.15) is 28.2 Å². The van der Waals surface area contributed by atoms with Gasteiger partial charge in [0.2, 0.25) is 5.43 Å². The molecular formula is C23H22F3N5O2. The molecule has 0 spiro atoms. The topological polar surface area (TPSA) is 71.3 Å². The monoisotopic (exact) mass is 457 g/mol. The van der Waals surface area contributed by atoms with Crippen LogP contribution in [0, 0.1) is 6.92 Å². The van der Waals surface area contributed by atoms with Crippen LogP contribution in [0.25, 0.3) is 5.69 Å². The highest BCUT2D eigenvalue weighted by Crippen LogP contribution is 2.29. The number of amides is 1. The van der Waals surface area contributed by atoms with E-state index in [1.807, 2.05) is 35.2 Å². The number of aromatic nitrogens is 3. The van der Waals surface area contributed by atoms with Crippen LogP contribution < -0.4 is 10.3 Å². The van der Waals surface area contributed by atoms with Crippen LogP contribution in [0.15, 0.2) is 59.5 Å². The molecule has 0 N–H and O–H groups in total. The summed E-state index contributed by atoms with van der Waals surface area (Å²) in [4.78, 5) is 33.0. The van der Waals surface area contributed by atoms with Crippen molar-refractivity contribution in [2.45, 2.75) is 19.5 Å².